The Hall–Kier alpha value is -2.67. The van der Waals surface area contributed by atoms with Crippen LogP contribution in [-0.4, -0.2) is 20.9 Å². The predicted octanol–water partition coefficient (Wildman–Crippen LogP) is 5.46. The van der Waals surface area contributed by atoms with E-state index in [2.05, 4.69) is 27.4 Å². The van der Waals surface area contributed by atoms with Gasteiger partial charge in [-0.2, -0.15) is 4.98 Å². The number of ether oxygens (including phenoxy) is 1. The fourth-order valence-corrected chi connectivity index (χ4v) is 3.83. The quantitative estimate of drug-likeness (QED) is 0.441. The molecular weight excluding hydrogens is 375 g/mol. The third kappa shape index (κ3) is 3.94. The highest BCUT2D eigenvalue weighted by atomic mass is 32.2. The van der Waals surface area contributed by atoms with Gasteiger partial charge in [0.25, 0.3) is 0 Å². The fraction of sp³-hybridized carbons (Fsp3) is 0.286. The van der Waals surface area contributed by atoms with Crippen LogP contribution in [0, 0.1) is 5.82 Å². The van der Waals surface area contributed by atoms with Crippen LogP contribution in [-0.2, 0) is 0 Å². The number of benzene rings is 2. The first-order valence-electron chi connectivity index (χ1n) is 9.41. The minimum atomic E-state index is -0.710. The highest BCUT2D eigenvalue weighted by Crippen LogP contribution is 2.39. The average molecular weight is 396 g/mol. The van der Waals surface area contributed by atoms with E-state index < -0.39 is 6.23 Å². The smallest absolute Gasteiger partial charge is 0.247 e. The Morgan fingerprint density at radius 3 is 2.75 bits per heavy atom. The van der Waals surface area contributed by atoms with Gasteiger partial charge >= 0.3 is 0 Å². The Labute approximate surface area is 167 Å². The summed E-state index contributed by atoms with van der Waals surface area (Å²) < 4.78 is 20.5. The second kappa shape index (κ2) is 8.56. The zero-order valence-electron chi connectivity index (χ0n) is 15.6. The number of aromatic nitrogens is 3. The standard InChI is InChI=1S/C21H21FN4OS/c1-2-3-8-13-28-21-24-20-18(25-26-21)15-10-5-7-12-17(15)23-19(27-20)14-9-4-6-11-16(14)22/h4-7,9-12,19,23H,2-3,8,13H2,1H3. The molecule has 28 heavy (non-hydrogen) atoms. The van der Waals surface area contributed by atoms with Gasteiger partial charge in [0.05, 0.1) is 0 Å². The van der Waals surface area contributed by atoms with E-state index in [9.17, 15) is 4.39 Å². The first-order chi connectivity index (χ1) is 13.8. The third-order valence-electron chi connectivity index (χ3n) is 4.50. The molecule has 1 aliphatic rings. The lowest BCUT2D eigenvalue weighted by atomic mass is 10.1. The molecule has 0 saturated heterocycles. The van der Waals surface area contributed by atoms with E-state index in [-0.39, 0.29) is 5.82 Å². The number of rotatable bonds is 6. The van der Waals surface area contributed by atoms with Crippen LogP contribution in [0.25, 0.3) is 11.3 Å². The number of para-hydroxylation sites is 1. The fourth-order valence-electron chi connectivity index (χ4n) is 3.05. The van der Waals surface area contributed by atoms with Crippen LogP contribution in [0.15, 0.2) is 53.7 Å². The topological polar surface area (TPSA) is 59.9 Å². The van der Waals surface area contributed by atoms with Crippen LogP contribution >= 0.6 is 11.8 Å². The number of halogens is 1. The van der Waals surface area contributed by atoms with Crippen molar-refractivity contribution in [2.75, 3.05) is 11.1 Å². The number of hydrogen-bond donors (Lipinski definition) is 1. The number of anilines is 1. The van der Waals surface area contributed by atoms with Gasteiger partial charge in [-0.1, -0.05) is 67.9 Å². The molecule has 0 radical (unpaired) electrons. The minimum Gasteiger partial charge on any atom is -0.448 e. The first-order valence-corrected chi connectivity index (χ1v) is 10.4. The molecule has 0 aliphatic carbocycles. The van der Waals surface area contributed by atoms with E-state index in [0.29, 0.717) is 22.3 Å². The summed E-state index contributed by atoms with van der Waals surface area (Å²) in [5, 5.41) is 12.5. The highest BCUT2D eigenvalue weighted by Gasteiger charge is 2.27. The van der Waals surface area contributed by atoms with Gasteiger partial charge < -0.3 is 10.1 Å². The molecule has 1 unspecified atom stereocenters. The van der Waals surface area contributed by atoms with Crippen LogP contribution in [0.1, 0.15) is 38.0 Å². The summed E-state index contributed by atoms with van der Waals surface area (Å²) in [7, 11) is 0. The molecule has 2 heterocycles. The van der Waals surface area contributed by atoms with Gasteiger partial charge in [0.15, 0.2) is 5.69 Å². The molecule has 0 saturated carbocycles. The molecule has 2 aromatic carbocycles. The van der Waals surface area contributed by atoms with Gasteiger partial charge in [-0.15, -0.1) is 10.2 Å². The summed E-state index contributed by atoms with van der Waals surface area (Å²) in [4.78, 5) is 4.58. The lowest BCUT2D eigenvalue weighted by Crippen LogP contribution is -2.18. The molecule has 3 aromatic rings. The van der Waals surface area contributed by atoms with Crippen molar-refractivity contribution < 1.29 is 9.13 Å². The number of nitrogens with zero attached hydrogens (tertiary/aromatic N) is 3. The van der Waals surface area contributed by atoms with Gasteiger partial charge in [0.1, 0.15) is 5.82 Å². The zero-order chi connectivity index (χ0) is 19.3. The lowest BCUT2D eigenvalue weighted by molar-refractivity contribution is 0.220. The summed E-state index contributed by atoms with van der Waals surface area (Å²) >= 11 is 1.56. The van der Waals surface area contributed by atoms with Crippen LogP contribution in [0.3, 0.4) is 0 Å². The Morgan fingerprint density at radius 2 is 1.89 bits per heavy atom. The second-order valence-electron chi connectivity index (χ2n) is 6.51. The highest BCUT2D eigenvalue weighted by molar-refractivity contribution is 7.99. The summed E-state index contributed by atoms with van der Waals surface area (Å²) in [5.41, 5.74) is 2.61. The van der Waals surface area contributed by atoms with Crippen LogP contribution in [0.2, 0.25) is 0 Å². The van der Waals surface area contributed by atoms with Crippen molar-refractivity contribution in [1.29, 1.82) is 0 Å². The van der Waals surface area contributed by atoms with Crippen molar-refractivity contribution >= 4 is 17.4 Å². The van der Waals surface area contributed by atoms with Crippen LogP contribution in [0.4, 0.5) is 10.1 Å². The average Bonchev–Trinajstić information content (AvgIpc) is 2.88. The number of fused-ring (bicyclic) bond motifs is 3. The normalized spacial score (nSPS) is 15.0. The maximum Gasteiger partial charge on any atom is 0.247 e. The molecule has 5 nitrogen and oxygen atoms in total. The van der Waals surface area contributed by atoms with E-state index in [1.165, 1.54) is 18.9 Å². The molecule has 0 amide bonds. The van der Waals surface area contributed by atoms with Gasteiger partial charge in [0.2, 0.25) is 17.3 Å². The van der Waals surface area contributed by atoms with E-state index in [1.807, 2.05) is 24.3 Å². The Bertz CT molecular complexity index is 969. The van der Waals surface area contributed by atoms with Crippen LogP contribution < -0.4 is 10.1 Å². The molecule has 7 heteroatoms. The maximum absolute atomic E-state index is 14.4. The Balaban J connectivity index is 1.70. The molecule has 144 valence electrons. The van der Waals surface area contributed by atoms with E-state index in [1.54, 1.807) is 30.0 Å². The monoisotopic (exact) mass is 396 g/mol. The van der Waals surface area contributed by atoms with Crippen molar-refractivity contribution in [3.63, 3.8) is 0 Å². The van der Waals surface area contributed by atoms with Gasteiger partial charge in [-0.25, -0.2) is 4.39 Å². The molecule has 1 N–H and O–H groups in total. The molecule has 0 bridgehead atoms. The van der Waals surface area contributed by atoms with Crippen molar-refractivity contribution in [3.05, 3.63) is 59.9 Å². The Kier molecular flexibility index (Phi) is 5.71. The summed E-state index contributed by atoms with van der Waals surface area (Å²) in [6.07, 6.45) is 2.73. The van der Waals surface area contributed by atoms with Gasteiger partial charge in [0, 0.05) is 22.6 Å². The SMILES string of the molecule is CCCCCSc1nnc2c(n1)OC(c1ccccc1F)Nc1ccccc1-2. The molecule has 0 fully saturated rings. The molecule has 0 spiro atoms. The van der Waals surface area contributed by atoms with E-state index in [4.69, 9.17) is 4.74 Å². The minimum absolute atomic E-state index is 0.336. The van der Waals surface area contributed by atoms with E-state index in [0.717, 1.165) is 23.4 Å². The molecule has 1 atom stereocenters. The lowest BCUT2D eigenvalue weighted by Gasteiger charge is -2.19. The molecule has 4 rings (SSSR count). The van der Waals surface area contributed by atoms with Crippen molar-refractivity contribution in [2.24, 2.45) is 0 Å². The molecular formula is C21H21FN4OS. The summed E-state index contributed by atoms with van der Waals surface area (Å²) in [6.45, 7) is 2.17. The predicted molar refractivity (Wildman–Crippen MR) is 109 cm³/mol. The number of nitrogens with one attached hydrogen (secondary N) is 1. The third-order valence-corrected chi connectivity index (χ3v) is 5.42. The maximum atomic E-state index is 14.4. The molecule has 1 aliphatic heterocycles. The van der Waals surface area contributed by atoms with Crippen molar-refractivity contribution in [3.8, 4) is 17.1 Å². The molecule has 1 aromatic heterocycles. The number of hydrogen-bond acceptors (Lipinski definition) is 6. The van der Waals surface area contributed by atoms with Crippen molar-refractivity contribution in [1.82, 2.24) is 15.2 Å². The largest absolute Gasteiger partial charge is 0.448 e. The number of unbranched alkanes of at least 4 members (excludes halogenated alkanes) is 2. The summed E-state index contributed by atoms with van der Waals surface area (Å²) in [5.74, 6) is 0.954. The first kappa shape index (κ1) is 18.7. The second-order valence-corrected chi connectivity index (χ2v) is 7.58. The van der Waals surface area contributed by atoms with Crippen molar-refractivity contribution in [2.45, 2.75) is 37.6 Å². The van der Waals surface area contributed by atoms with Gasteiger partial charge in [-0.3, -0.25) is 0 Å². The zero-order valence-corrected chi connectivity index (χ0v) is 16.4. The number of thioether (sulfide) groups is 1. The van der Waals surface area contributed by atoms with E-state index >= 15 is 0 Å². The van der Waals surface area contributed by atoms with Crippen LogP contribution in [0.5, 0.6) is 5.88 Å². The summed E-state index contributed by atoms with van der Waals surface area (Å²) in [6, 6.07) is 14.2. The Morgan fingerprint density at radius 1 is 1.07 bits per heavy atom. The van der Waals surface area contributed by atoms with Gasteiger partial charge in [-0.05, 0) is 18.6 Å².